The molecule has 0 aliphatic heterocycles. The van der Waals surface area contributed by atoms with Gasteiger partial charge in [0.1, 0.15) is 5.75 Å². The number of benzene rings is 3. The van der Waals surface area contributed by atoms with E-state index >= 15 is 0 Å². The minimum atomic E-state index is -0.115. The van der Waals surface area contributed by atoms with Crippen LogP contribution in [-0.4, -0.2) is 24.1 Å². The minimum absolute atomic E-state index is 0. The van der Waals surface area contributed by atoms with Gasteiger partial charge in [-0.2, -0.15) is 0 Å². The molecule has 0 saturated heterocycles. The zero-order valence-corrected chi connectivity index (χ0v) is 19.9. The van der Waals surface area contributed by atoms with E-state index in [1.807, 2.05) is 0 Å². The normalized spacial score (nSPS) is 14.9. The highest BCUT2D eigenvalue weighted by atomic mass is 16.5. The Morgan fingerprint density at radius 3 is 2.23 bits per heavy atom. The summed E-state index contributed by atoms with van der Waals surface area (Å²) in [4.78, 5) is 2.48. The van der Waals surface area contributed by atoms with E-state index in [2.05, 4.69) is 115 Å². The number of rotatable bonds is 7. The molecular weight excluding hydrogens is 366 g/mol. The quantitative estimate of drug-likeness (QED) is 0.277. The van der Waals surface area contributed by atoms with Gasteiger partial charge in [0.05, 0.1) is 6.10 Å². The molecule has 0 aliphatic carbocycles. The highest BCUT2D eigenvalue weighted by Gasteiger charge is 2.36. The molecule has 0 heterocycles. The number of nitrogens with zero attached hydrogens (tertiary/aromatic N) is 1. The molecule has 2 heteroatoms. The smallest absolute Gasteiger partial charge is 0.127 e. The molecule has 3 aromatic carbocycles. The van der Waals surface area contributed by atoms with E-state index < -0.39 is 0 Å². The minimum Gasteiger partial charge on any atom is -0.490 e. The number of hydrogen-bond donors (Lipinski definition) is 0. The van der Waals surface area contributed by atoms with Crippen molar-refractivity contribution in [1.82, 2.24) is 4.90 Å². The van der Waals surface area contributed by atoms with Gasteiger partial charge < -0.3 is 4.74 Å². The fourth-order valence-corrected chi connectivity index (χ4v) is 4.63. The Morgan fingerprint density at radius 2 is 1.57 bits per heavy atom. The van der Waals surface area contributed by atoms with Gasteiger partial charge in [0.25, 0.3) is 0 Å². The van der Waals surface area contributed by atoms with Crippen molar-refractivity contribution in [2.24, 2.45) is 0 Å². The topological polar surface area (TPSA) is 12.5 Å². The summed E-state index contributed by atoms with van der Waals surface area (Å²) in [6.07, 6.45) is 0.983. The van der Waals surface area contributed by atoms with Gasteiger partial charge in [-0.05, 0) is 95.3 Å². The molecule has 30 heavy (non-hydrogen) atoms. The summed E-state index contributed by atoms with van der Waals surface area (Å²) < 4.78 is 6.58. The molecule has 0 amide bonds. The molecule has 0 saturated carbocycles. The molecule has 1 unspecified atom stereocenters. The predicted octanol–water partition coefficient (Wildman–Crippen LogP) is 28.3. The second kappa shape index (κ2) is 8.81. The van der Waals surface area contributed by atoms with Gasteiger partial charge in [0.15, 0.2) is 0 Å². The molecule has 0 N–H and O–H groups in total. The number of ether oxygens (including phenoxy) is 1. The molecule has 0 bridgehead atoms. The first-order chi connectivity index (χ1) is 14.1. The summed E-state index contributed by atoms with van der Waals surface area (Å²) in [7, 11) is 2.23. The zero-order chi connectivity index (χ0) is 22.1. The summed E-state index contributed by atoms with van der Waals surface area (Å²) in [5, 5.41) is 2.44. The van der Waals surface area contributed by atoms with Crippen LogP contribution in [0.15, 0.2) is 54.6 Å². The maximum atomic E-state index is 6.58. The SMILES string of the molecule is Cc1cc2cccc(OC(C)C[C@@](C)(c3ccccc3C)N(C)C(C)C)c2cc1C.[HH].[HH].[HH].[HH].[HH].[HH].[HH].[HH].[HH].[HH].[HH].[HH].[HH].[HH].[HH].[HH].[HH].[HH].[HH].[HH].[HH].[HH].[HH].[HH].[HH].[HH].[HH].[HH].[HH].[HH].[HH].[HH].[HH].[HH].[HH].[HH].[HH].[HH].[HH].[HH].[HH].[HH].[HH].[HH].[HH].[HH].[HH].[HH].[HH].[HH].[HH].[HH].[HH].[HH].[HH].[HH].[HH].[HH].[HH].[HH].[HH].[HH].[HH].[HH].[HH].[HH].[HH].[HH].[HH].[HH].[HH].[HH].[HH].[HH].[HH].[HH].[HH].[HH].[HH].[HH].[HH].[HH].[HH].[HH].[HH].[HH]. The van der Waals surface area contributed by atoms with E-state index in [1.54, 1.807) is 0 Å². The predicted molar refractivity (Wildman–Crippen MR) is 311 cm³/mol. The summed E-state index contributed by atoms with van der Waals surface area (Å²) in [5.41, 5.74) is 5.21. The number of fused-ring (bicyclic) bond motifs is 1. The molecule has 3 aromatic rings. The zero-order valence-electron chi connectivity index (χ0n) is 19.9. The van der Waals surface area contributed by atoms with Gasteiger partial charge in [-0.3, -0.25) is 4.90 Å². The lowest BCUT2D eigenvalue weighted by Crippen LogP contribution is -2.47. The van der Waals surface area contributed by atoms with E-state index in [4.69, 9.17) is 4.74 Å². The van der Waals surface area contributed by atoms with Crippen LogP contribution in [-0.2, 0) is 5.54 Å². The summed E-state index contributed by atoms with van der Waals surface area (Å²) in [6.45, 7) is 15.6. The first-order valence-corrected chi connectivity index (χ1v) is 11.1. The van der Waals surface area contributed by atoms with Crippen molar-refractivity contribution in [1.29, 1.82) is 0 Å². The van der Waals surface area contributed by atoms with Crippen LogP contribution in [0.2, 0.25) is 0 Å². The van der Waals surface area contributed by atoms with Crippen molar-refractivity contribution in [2.45, 2.75) is 72.6 Å². The Morgan fingerprint density at radius 1 is 0.900 bits per heavy atom. The van der Waals surface area contributed by atoms with Crippen molar-refractivity contribution >= 4 is 10.8 Å². The van der Waals surface area contributed by atoms with Crippen LogP contribution >= 0.6 is 0 Å². The van der Waals surface area contributed by atoms with Crippen molar-refractivity contribution in [3.8, 4) is 5.75 Å². The second-order valence-electron chi connectivity index (χ2n) is 9.34. The Balaban J connectivity index is -0.00000000145. The van der Waals surface area contributed by atoms with Gasteiger partial charge in [-0.15, -0.1) is 0 Å². The fourth-order valence-electron chi connectivity index (χ4n) is 4.63. The lowest BCUT2D eigenvalue weighted by atomic mass is 9.82. The third-order valence-corrected chi connectivity index (χ3v) is 6.75. The van der Waals surface area contributed by atoms with Gasteiger partial charge >= 0.3 is 0 Å². The van der Waals surface area contributed by atoms with Gasteiger partial charge in [0, 0.05) is 146 Å². The lowest BCUT2D eigenvalue weighted by Gasteiger charge is -2.44. The first kappa shape index (κ1) is 22.4. The van der Waals surface area contributed by atoms with E-state index in [0.29, 0.717) is 6.04 Å². The van der Waals surface area contributed by atoms with Crippen molar-refractivity contribution in [3.05, 3.63) is 76.9 Å². The largest absolute Gasteiger partial charge is 0.490 e. The first-order valence-electron chi connectivity index (χ1n) is 11.1. The lowest BCUT2D eigenvalue weighted by molar-refractivity contribution is 0.0513. The molecule has 0 aromatic heterocycles. The van der Waals surface area contributed by atoms with Crippen molar-refractivity contribution in [2.75, 3.05) is 7.05 Å². The maximum Gasteiger partial charge on any atom is 0.127 e. The van der Waals surface area contributed by atoms with Crippen LogP contribution in [0.1, 0.15) is 179 Å². The molecule has 2 nitrogen and oxygen atoms in total. The van der Waals surface area contributed by atoms with Gasteiger partial charge in [0.2, 0.25) is 0 Å². The molecule has 2 atom stereocenters. The van der Waals surface area contributed by atoms with Crippen molar-refractivity contribution in [3.63, 3.8) is 0 Å². The monoisotopic (exact) mass is 577 g/mol. The van der Waals surface area contributed by atoms with Gasteiger partial charge in [-0.25, -0.2) is 0 Å². The van der Waals surface area contributed by atoms with E-state index in [0.717, 1.165) is 12.2 Å². The van der Waals surface area contributed by atoms with Crippen LogP contribution in [0, 0.1) is 20.8 Å². The summed E-state index contributed by atoms with van der Waals surface area (Å²) >= 11 is 0. The summed E-state index contributed by atoms with van der Waals surface area (Å²) in [6, 6.07) is 20.1. The van der Waals surface area contributed by atoms with E-state index in [1.165, 1.54) is 33.0 Å². The second-order valence-corrected chi connectivity index (χ2v) is 9.34. The van der Waals surface area contributed by atoms with Crippen LogP contribution in [0.5, 0.6) is 5.75 Å². The Kier molecular flexibility index (Phi) is 6.57. The van der Waals surface area contributed by atoms with Crippen LogP contribution in [0.25, 0.3) is 10.8 Å². The van der Waals surface area contributed by atoms with E-state index in [-0.39, 0.29) is 134 Å². The molecular formula is C28H209NO. The highest BCUT2D eigenvalue weighted by Crippen LogP contribution is 2.37. The average molecular weight is 577 g/mol. The Labute approximate surface area is 310 Å². The Bertz CT molecular complexity index is 1120. The molecule has 0 fully saturated rings. The molecule has 0 spiro atoms. The molecule has 3 rings (SSSR count). The third kappa shape index (κ3) is 4.39. The average Bonchev–Trinajstić information content (AvgIpc) is 2.69. The Hall–Kier alpha value is -2.32. The molecule has 332 valence electrons. The number of aryl methyl sites for hydroxylation is 3. The highest BCUT2D eigenvalue weighted by molar-refractivity contribution is 5.89. The standard InChI is InChI=1S/C28H37NO.86H2/c1-19(2)29(8)28(7,26-14-10-9-12-20(26)3)18-23(6)30-27-15-11-13-24-16-21(4)22(5)17-25(24)27;;;;;;;;;;;;;;;;;;;;;;;;;;;;;;;;;;;;;;;;;;;;;;;;;;;;;;;;;;;;;;;;;;;;;;;;;;;;;;;;;;;;;;/h9-17,19,23H,18H2,1-8H3;86*1H/t23?,28-;;;;;;;;;;;;;;;;;;;;;;;;;;;;;;;;;;;;;;;;;;;;;;;;;;;;;;;;;;;;;;;;;;;;;;;;;;;;;;;;;;;;;;/m0....................................................................................../s1. The molecule has 0 radical (unpaired) electrons. The number of hydrogen-bond acceptors (Lipinski definition) is 2. The summed E-state index contributed by atoms with van der Waals surface area (Å²) in [5.74, 6) is 0.974. The van der Waals surface area contributed by atoms with E-state index in [9.17, 15) is 0 Å². The van der Waals surface area contributed by atoms with Crippen molar-refractivity contribution < 1.29 is 127 Å². The molecule has 0 aliphatic rings. The maximum absolute atomic E-state index is 6.58. The van der Waals surface area contributed by atoms with Crippen LogP contribution in [0.4, 0.5) is 0 Å². The fraction of sp³-hybridized carbons (Fsp3) is 0.429. The van der Waals surface area contributed by atoms with Crippen LogP contribution in [0.3, 0.4) is 0 Å². The van der Waals surface area contributed by atoms with Crippen LogP contribution < -0.4 is 4.74 Å². The third-order valence-electron chi connectivity index (χ3n) is 6.75. The van der Waals surface area contributed by atoms with Gasteiger partial charge in [-0.1, -0.05) is 42.5 Å².